The van der Waals surface area contributed by atoms with E-state index in [0.717, 1.165) is 13.0 Å². The van der Waals surface area contributed by atoms with Gasteiger partial charge in [0.2, 0.25) is 0 Å². The summed E-state index contributed by atoms with van der Waals surface area (Å²) < 4.78 is 5.44. The first kappa shape index (κ1) is 10.7. The van der Waals surface area contributed by atoms with Crippen LogP contribution in [0.15, 0.2) is 12.2 Å². The number of ether oxygens (including phenoxy) is 1. The lowest BCUT2D eigenvalue weighted by Crippen LogP contribution is -2.19. The summed E-state index contributed by atoms with van der Waals surface area (Å²) in [5.41, 5.74) is -0.0486. The maximum atomic E-state index is 8.40. The first-order valence-electron chi connectivity index (χ1n) is 3.96. The first-order valence-corrected chi connectivity index (χ1v) is 3.96. The summed E-state index contributed by atoms with van der Waals surface area (Å²) in [7, 11) is 0. The second-order valence-corrected chi connectivity index (χ2v) is 3.40. The molecular weight excluding hydrogens is 140 g/mol. The molecule has 0 aliphatic heterocycles. The molecule has 2 heteroatoms. The number of aliphatic hydroxyl groups excluding tert-OH is 1. The predicted octanol–water partition coefficient (Wildman–Crippen LogP) is 1.74. The van der Waals surface area contributed by atoms with Crippen LogP contribution >= 0.6 is 0 Å². The zero-order valence-corrected chi connectivity index (χ0v) is 7.63. The van der Waals surface area contributed by atoms with E-state index in [0.29, 0.717) is 0 Å². The van der Waals surface area contributed by atoms with Gasteiger partial charge in [0.15, 0.2) is 0 Å². The fraction of sp³-hybridized carbons (Fsp3) is 0.778. The van der Waals surface area contributed by atoms with Crippen LogP contribution in [0.3, 0.4) is 0 Å². The van der Waals surface area contributed by atoms with Gasteiger partial charge in [-0.25, -0.2) is 0 Å². The molecule has 1 N–H and O–H groups in total. The lowest BCUT2D eigenvalue weighted by Gasteiger charge is -2.18. The fourth-order valence-electron chi connectivity index (χ4n) is 0.626. The molecule has 0 aromatic rings. The van der Waals surface area contributed by atoms with Crippen molar-refractivity contribution in [3.05, 3.63) is 12.2 Å². The zero-order valence-electron chi connectivity index (χ0n) is 7.63. The standard InChI is InChI=1S/C9H18O2/c1-9(2,3)11-8-6-4-5-7-10/h4-5,10H,6-8H2,1-3H3. The molecule has 0 unspecified atom stereocenters. The van der Waals surface area contributed by atoms with Gasteiger partial charge in [0.05, 0.1) is 18.8 Å². The van der Waals surface area contributed by atoms with Gasteiger partial charge in [-0.3, -0.25) is 0 Å². The molecule has 0 aromatic heterocycles. The second kappa shape index (κ2) is 5.33. The molecule has 0 heterocycles. The van der Waals surface area contributed by atoms with E-state index in [4.69, 9.17) is 9.84 Å². The van der Waals surface area contributed by atoms with Crippen LogP contribution in [0.5, 0.6) is 0 Å². The van der Waals surface area contributed by atoms with Gasteiger partial charge in [-0.2, -0.15) is 0 Å². The average Bonchev–Trinajstić information content (AvgIpc) is 1.85. The van der Waals surface area contributed by atoms with E-state index in [1.807, 2.05) is 26.8 Å². The predicted molar refractivity (Wildman–Crippen MR) is 46.5 cm³/mol. The van der Waals surface area contributed by atoms with Gasteiger partial charge < -0.3 is 9.84 Å². The Hall–Kier alpha value is -0.340. The van der Waals surface area contributed by atoms with Crippen molar-refractivity contribution >= 4 is 0 Å². The van der Waals surface area contributed by atoms with E-state index in [2.05, 4.69) is 0 Å². The molecule has 0 bridgehead atoms. The van der Waals surface area contributed by atoms with E-state index in [9.17, 15) is 0 Å². The summed E-state index contributed by atoms with van der Waals surface area (Å²) in [6.07, 6.45) is 4.52. The molecule has 0 saturated carbocycles. The third kappa shape index (κ3) is 9.66. The van der Waals surface area contributed by atoms with Crippen LogP contribution in [-0.2, 0) is 4.74 Å². The molecule has 0 atom stereocenters. The molecule has 0 aliphatic carbocycles. The van der Waals surface area contributed by atoms with Gasteiger partial charge in [-0.15, -0.1) is 0 Å². The smallest absolute Gasteiger partial charge is 0.0612 e. The Labute approximate surface area is 68.9 Å². The highest BCUT2D eigenvalue weighted by Crippen LogP contribution is 2.06. The Balaban J connectivity index is 3.21. The Morgan fingerprint density at radius 3 is 2.36 bits per heavy atom. The van der Waals surface area contributed by atoms with Gasteiger partial charge in [-0.1, -0.05) is 12.2 Å². The van der Waals surface area contributed by atoms with Crippen molar-refractivity contribution in [3.63, 3.8) is 0 Å². The summed E-state index contributed by atoms with van der Waals surface area (Å²) in [5.74, 6) is 0. The molecule has 66 valence electrons. The molecule has 0 spiro atoms. The quantitative estimate of drug-likeness (QED) is 0.499. The van der Waals surface area contributed by atoms with E-state index in [1.54, 1.807) is 6.08 Å². The number of hydrogen-bond donors (Lipinski definition) is 1. The Morgan fingerprint density at radius 2 is 1.91 bits per heavy atom. The molecule has 0 fully saturated rings. The minimum Gasteiger partial charge on any atom is -0.392 e. The van der Waals surface area contributed by atoms with Gasteiger partial charge >= 0.3 is 0 Å². The monoisotopic (exact) mass is 158 g/mol. The molecule has 0 amide bonds. The highest BCUT2D eigenvalue weighted by molar-refractivity contribution is 4.80. The third-order valence-electron chi connectivity index (χ3n) is 1.09. The Morgan fingerprint density at radius 1 is 1.27 bits per heavy atom. The molecular formula is C9H18O2. The molecule has 0 radical (unpaired) electrons. The SMILES string of the molecule is CC(C)(C)OCCC=CCO. The fourth-order valence-corrected chi connectivity index (χ4v) is 0.626. The van der Waals surface area contributed by atoms with Crippen LogP contribution in [0.25, 0.3) is 0 Å². The van der Waals surface area contributed by atoms with Crippen molar-refractivity contribution < 1.29 is 9.84 Å². The summed E-state index contributed by atoms with van der Waals surface area (Å²) in [4.78, 5) is 0. The Kier molecular flexibility index (Phi) is 5.16. The number of hydrogen-bond acceptors (Lipinski definition) is 2. The second-order valence-electron chi connectivity index (χ2n) is 3.40. The molecule has 0 aliphatic rings. The summed E-state index contributed by atoms with van der Waals surface area (Å²) in [6.45, 7) is 6.93. The summed E-state index contributed by atoms with van der Waals surface area (Å²) in [6, 6.07) is 0. The van der Waals surface area contributed by atoms with Gasteiger partial charge in [-0.05, 0) is 27.2 Å². The topological polar surface area (TPSA) is 29.5 Å². The molecule has 0 rings (SSSR count). The summed E-state index contributed by atoms with van der Waals surface area (Å²) in [5, 5.41) is 8.40. The highest BCUT2D eigenvalue weighted by Gasteiger charge is 2.07. The highest BCUT2D eigenvalue weighted by atomic mass is 16.5. The molecule has 11 heavy (non-hydrogen) atoms. The average molecular weight is 158 g/mol. The van der Waals surface area contributed by atoms with E-state index in [1.165, 1.54) is 0 Å². The largest absolute Gasteiger partial charge is 0.392 e. The first-order chi connectivity index (χ1) is 5.06. The lowest BCUT2D eigenvalue weighted by atomic mass is 10.2. The van der Waals surface area contributed by atoms with E-state index >= 15 is 0 Å². The van der Waals surface area contributed by atoms with Gasteiger partial charge in [0.25, 0.3) is 0 Å². The maximum Gasteiger partial charge on any atom is 0.0612 e. The lowest BCUT2D eigenvalue weighted by molar-refractivity contribution is -0.000133. The van der Waals surface area contributed by atoms with Crippen molar-refractivity contribution in [1.82, 2.24) is 0 Å². The van der Waals surface area contributed by atoms with Crippen molar-refractivity contribution in [1.29, 1.82) is 0 Å². The minimum atomic E-state index is -0.0486. The maximum absolute atomic E-state index is 8.40. The van der Waals surface area contributed by atoms with Crippen molar-refractivity contribution in [2.24, 2.45) is 0 Å². The Bertz CT molecular complexity index is 111. The van der Waals surface area contributed by atoms with Crippen LogP contribution in [0.2, 0.25) is 0 Å². The van der Waals surface area contributed by atoms with Crippen LogP contribution in [0.1, 0.15) is 27.2 Å². The number of aliphatic hydroxyl groups is 1. The van der Waals surface area contributed by atoms with Gasteiger partial charge in [0, 0.05) is 0 Å². The minimum absolute atomic E-state index is 0.0486. The van der Waals surface area contributed by atoms with Crippen LogP contribution in [-0.4, -0.2) is 23.9 Å². The summed E-state index contributed by atoms with van der Waals surface area (Å²) >= 11 is 0. The third-order valence-corrected chi connectivity index (χ3v) is 1.09. The van der Waals surface area contributed by atoms with Crippen LogP contribution < -0.4 is 0 Å². The zero-order chi connectivity index (χ0) is 8.74. The van der Waals surface area contributed by atoms with Crippen molar-refractivity contribution in [2.45, 2.75) is 32.8 Å². The number of rotatable bonds is 4. The molecule has 2 nitrogen and oxygen atoms in total. The van der Waals surface area contributed by atoms with Crippen LogP contribution in [0, 0.1) is 0 Å². The van der Waals surface area contributed by atoms with Gasteiger partial charge in [0.1, 0.15) is 0 Å². The molecule has 0 saturated heterocycles. The van der Waals surface area contributed by atoms with Crippen molar-refractivity contribution in [2.75, 3.05) is 13.2 Å². The van der Waals surface area contributed by atoms with E-state index in [-0.39, 0.29) is 12.2 Å². The van der Waals surface area contributed by atoms with Crippen molar-refractivity contribution in [3.8, 4) is 0 Å². The normalized spacial score (nSPS) is 12.7. The van der Waals surface area contributed by atoms with E-state index < -0.39 is 0 Å². The molecule has 0 aromatic carbocycles. The van der Waals surface area contributed by atoms with Crippen LogP contribution in [0.4, 0.5) is 0 Å².